The molecule has 1 unspecified atom stereocenters. The van der Waals surface area contributed by atoms with Crippen LogP contribution in [0.5, 0.6) is 0 Å². The van der Waals surface area contributed by atoms with Crippen molar-refractivity contribution in [1.82, 2.24) is 5.32 Å². The lowest BCUT2D eigenvalue weighted by Crippen LogP contribution is -2.25. The van der Waals surface area contributed by atoms with Crippen molar-refractivity contribution in [3.05, 3.63) is 35.9 Å². The number of benzene rings is 1. The number of ether oxygens (including phenoxy) is 2. The van der Waals surface area contributed by atoms with Crippen LogP contribution in [0.4, 0.5) is 0 Å². The van der Waals surface area contributed by atoms with E-state index >= 15 is 0 Å². The van der Waals surface area contributed by atoms with Crippen molar-refractivity contribution in [3.8, 4) is 0 Å². The van der Waals surface area contributed by atoms with E-state index in [2.05, 4.69) is 29.6 Å². The van der Waals surface area contributed by atoms with Crippen LogP contribution in [0.15, 0.2) is 30.3 Å². The Bertz CT molecular complexity index is 323. The minimum atomic E-state index is 0.283. The Morgan fingerprint density at radius 3 is 2.67 bits per heavy atom. The molecule has 0 spiro atoms. The summed E-state index contributed by atoms with van der Waals surface area (Å²) >= 11 is 0. The van der Waals surface area contributed by atoms with E-state index in [1.165, 1.54) is 5.56 Å². The van der Waals surface area contributed by atoms with Crippen LogP contribution in [0, 0.1) is 5.92 Å². The monoisotopic (exact) mass is 249 g/mol. The first-order valence-electron chi connectivity index (χ1n) is 6.78. The quantitative estimate of drug-likeness (QED) is 0.839. The predicted octanol–water partition coefficient (Wildman–Crippen LogP) is 2.39. The van der Waals surface area contributed by atoms with Crippen LogP contribution in [-0.2, 0) is 9.47 Å². The second-order valence-corrected chi connectivity index (χ2v) is 4.85. The molecule has 0 aliphatic carbocycles. The zero-order valence-electron chi connectivity index (χ0n) is 11.1. The first-order chi connectivity index (χ1) is 8.90. The fourth-order valence-corrected chi connectivity index (χ4v) is 2.30. The van der Waals surface area contributed by atoms with E-state index in [4.69, 9.17) is 9.47 Å². The molecule has 1 fully saturated rings. The maximum absolute atomic E-state index is 5.86. The summed E-state index contributed by atoms with van der Waals surface area (Å²) < 4.78 is 11.2. The summed E-state index contributed by atoms with van der Waals surface area (Å²) in [5, 5.41) is 3.31. The van der Waals surface area contributed by atoms with Gasteiger partial charge in [0.1, 0.15) is 0 Å². The van der Waals surface area contributed by atoms with Gasteiger partial charge >= 0.3 is 0 Å². The molecule has 1 atom stereocenters. The Morgan fingerprint density at radius 1 is 1.28 bits per heavy atom. The molecule has 18 heavy (non-hydrogen) atoms. The molecule has 1 aromatic rings. The highest BCUT2D eigenvalue weighted by Crippen LogP contribution is 2.17. The van der Waals surface area contributed by atoms with E-state index in [1.807, 2.05) is 13.1 Å². The summed E-state index contributed by atoms with van der Waals surface area (Å²) in [7, 11) is 1.98. The number of hydrogen-bond acceptors (Lipinski definition) is 3. The van der Waals surface area contributed by atoms with Crippen molar-refractivity contribution in [1.29, 1.82) is 0 Å². The lowest BCUT2D eigenvalue weighted by atomic mass is 10.0. The summed E-state index contributed by atoms with van der Waals surface area (Å²) in [5.41, 5.74) is 1.28. The molecule has 0 amide bonds. The minimum Gasteiger partial charge on any atom is -0.381 e. The van der Waals surface area contributed by atoms with E-state index in [0.29, 0.717) is 5.92 Å². The van der Waals surface area contributed by atoms with Gasteiger partial charge in [-0.05, 0) is 31.4 Å². The number of rotatable bonds is 6. The van der Waals surface area contributed by atoms with Gasteiger partial charge in [0.15, 0.2) is 0 Å². The molecule has 0 radical (unpaired) electrons. The molecule has 0 aromatic heterocycles. The molecule has 0 bridgehead atoms. The molecular weight excluding hydrogens is 226 g/mol. The molecule has 100 valence electrons. The summed E-state index contributed by atoms with van der Waals surface area (Å²) in [6, 6.07) is 10.7. The van der Waals surface area contributed by atoms with Gasteiger partial charge in [-0.15, -0.1) is 0 Å². The third kappa shape index (κ3) is 4.09. The Morgan fingerprint density at radius 2 is 2.00 bits per heavy atom. The van der Waals surface area contributed by atoms with Gasteiger partial charge in [-0.2, -0.15) is 0 Å². The standard InChI is InChI=1S/C15H23NO2/c1-16-15(14-5-3-2-4-6-14)12-18-11-13-7-9-17-10-8-13/h2-6,13,15-16H,7-12H2,1H3. The molecular formula is C15H23NO2. The first-order valence-corrected chi connectivity index (χ1v) is 6.78. The third-order valence-electron chi connectivity index (χ3n) is 3.53. The molecule has 3 nitrogen and oxygen atoms in total. The summed E-state index contributed by atoms with van der Waals surface area (Å²) in [6.07, 6.45) is 2.27. The van der Waals surface area contributed by atoms with Gasteiger partial charge in [0.25, 0.3) is 0 Å². The van der Waals surface area contributed by atoms with Gasteiger partial charge in [0.2, 0.25) is 0 Å². The summed E-state index contributed by atoms with van der Waals surface area (Å²) in [5.74, 6) is 0.673. The van der Waals surface area contributed by atoms with E-state index in [1.54, 1.807) is 0 Å². The smallest absolute Gasteiger partial charge is 0.0661 e. The average molecular weight is 249 g/mol. The van der Waals surface area contributed by atoms with E-state index in [9.17, 15) is 0 Å². The van der Waals surface area contributed by atoms with E-state index in [-0.39, 0.29) is 6.04 Å². The second kappa shape index (κ2) is 7.52. The molecule has 0 saturated carbocycles. The Kier molecular flexibility index (Phi) is 5.65. The van der Waals surface area contributed by atoms with Crippen molar-refractivity contribution in [2.24, 2.45) is 5.92 Å². The number of hydrogen-bond donors (Lipinski definition) is 1. The molecule has 1 aliphatic rings. The van der Waals surface area contributed by atoms with Crippen LogP contribution in [-0.4, -0.2) is 33.5 Å². The van der Waals surface area contributed by atoms with Gasteiger partial charge in [-0.3, -0.25) is 0 Å². The second-order valence-electron chi connectivity index (χ2n) is 4.85. The highest BCUT2D eigenvalue weighted by Gasteiger charge is 2.15. The van der Waals surface area contributed by atoms with Crippen molar-refractivity contribution in [3.63, 3.8) is 0 Å². The van der Waals surface area contributed by atoms with Gasteiger partial charge in [0, 0.05) is 19.8 Å². The normalized spacial score (nSPS) is 18.7. The van der Waals surface area contributed by atoms with Gasteiger partial charge in [0.05, 0.1) is 12.6 Å². The maximum Gasteiger partial charge on any atom is 0.0661 e. The summed E-state index contributed by atoms with van der Waals surface area (Å²) in [6.45, 7) is 3.37. The Labute approximate surface area is 109 Å². The third-order valence-corrected chi connectivity index (χ3v) is 3.53. The van der Waals surface area contributed by atoms with Crippen LogP contribution >= 0.6 is 0 Å². The van der Waals surface area contributed by atoms with E-state index < -0.39 is 0 Å². The van der Waals surface area contributed by atoms with E-state index in [0.717, 1.165) is 39.3 Å². The lowest BCUT2D eigenvalue weighted by Gasteiger charge is -2.23. The summed E-state index contributed by atoms with van der Waals surface area (Å²) in [4.78, 5) is 0. The topological polar surface area (TPSA) is 30.5 Å². The highest BCUT2D eigenvalue weighted by atomic mass is 16.5. The van der Waals surface area contributed by atoms with Crippen LogP contribution in [0.2, 0.25) is 0 Å². The van der Waals surface area contributed by atoms with Crippen LogP contribution < -0.4 is 5.32 Å². The van der Waals surface area contributed by atoms with Crippen molar-refractivity contribution in [2.45, 2.75) is 18.9 Å². The van der Waals surface area contributed by atoms with Crippen molar-refractivity contribution in [2.75, 3.05) is 33.5 Å². The van der Waals surface area contributed by atoms with Crippen LogP contribution in [0.25, 0.3) is 0 Å². The first kappa shape index (κ1) is 13.5. The largest absolute Gasteiger partial charge is 0.381 e. The van der Waals surface area contributed by atoms with Crippen LogP contribution in [0.1, 0.15) is 24.4 Å². The van der Waals surface area contributed by atoms with Crippen LogP contribution in [0.3, 0.4) is 0 Å². The highest BCUT2D eigenvalue weighted by molar-refractivity contribution is 5.18. The number of nitrogens with one attached hydrogen (secondary N) is 1. The lowest BCUT2D eigenvalue weighted by molar-refractivity contribution is 0.0156. The van der Waals surface area contributed by atoms with Gasteiger partial charge in [-0.25, -0.2) is 0 Å². The SMILES string of the molecule is CNC(COCC1CCOCC1)c1ccccc1. The molecule has 1 aromatic carbocycles. The molecule has 1 aliphatic heterocycles. The van der Waals surface area contributed by atoms with Gasteiger partial charge in [-0.1, -0.05) is 30.3 Å². The molecule has 1 N–H and O–H groups in total. The molecule has 1 saturated heterocycles. The minimum absolute atomic E-state index is 0.283. The average Bonchev–Trinajstić information content (AvgIpc) is 2.46. The Balaban J connectivity index is 1.73. The number of likely N-dealkylation sites (N-methyl/N-ethyl adjacent to an activating group) is 1. The molecule has 2 rings (SSSR count). The van der Waals surface area contributed by atoms with Crippen molar-refractivity contribution < 1.29 is 9.47 Å². The fourth-order valence-electron chi connectivity index (χ4n) is 2.30. The Hall–Kier alpha value is -0.900. The van der Waals surface area contributed by atoms with Gasteiger partial charge < -0.3 is 14.8 Å². The zero-order chi connectivity index (χ0) is 12.6. The molecule has 3 heteroatoms. The maximum atomic E-state index is 5.86. The predicted molar refractivity (Wildman–Crippen MR) is 72.6 cm³/mol. The zero-order valence-corrected chi connectivity index (χ0v) is 11.1. The van der Waals surface area contributed by atoms with Crippen molar-refractivity contribution >= 4 is 0 Å². The molecule has 1 heterocycles. The fraction of sp³-hybridized carbons (Fsp3) is 0.600.